The molecule has 0 saturated carbocycles. The van der Waals surface area contributed by atoms with E-state index in [-0.39, 0.29) is 6.61 Å². The Morgan fingerprint density at radius 2 is 2.12 bits per heavy atom. The summed E-state index contributed by atoms with van der Waals surface area (Å²) in [6.07, 6.45) is 3.58. The number of pyridine rings is 1. The fraction of sp³-hybridized carbons (Fsp3) is 0.440. The number of fused-ring (bicyclic) bond motifs is 1. The number of hydrogen-bond acceptors (Lipinski definition) is 9. The third-order valence-electron chi connectivity index (χ3n) is 6.22. The molecule has 0 fully saturated rings. The summed E-state index contributed by atoms with van der Waals surface area (Å²) in [5, 5.41) is 35.8. The molecule has 4 rings (SSSR count). The van der Waals surface area contributed by atoms with E-state index >= 15 is 0 Å². The molecule has 2 aromatic heterocycles. The van der Waals surface area contributed by atoms with Gasteiger partial charge in [0.05, 0.1) is 23.8 Å². The molecule has 9 nitrogen and oxygen atoms in total. The minimum Gasteiger partial charge on any atom is -0.394 e. The zero-order valence-electron chi connectivity index (χ0n) is 19.6. The Morgan fingerprint density at radius 3 is 2.88 bits per heavy atom. The van der Waals surface area contributed by atoms with Crippen LogP contribution in [0.25, 0.3) is 22.8 Å². The summed E-state index contributed by atoms with van der Waals surface area (Å²) in [5.74, 6) is 1.37. The van der Waals surface area contributed by atoms with Gasteiger partial charge in [-0.25, -0.2) is 4.98 Å². The lowest BCUT2D eigenvalue weighted by Crippen LogP contribution is -2.36. The van der Waals surface area contributed by atoms with Crippen LogP contribution in [0.2, 0.25) is 0 Å². The number of benzene rings is 1. The van der Waals surface area contributed by atoms with Crippen molar-refractivity contribution in [3.63, 3.8) is 0 Å². The van der Waals surface area contributed by atoms with Gasteiger partial charge in [0.1, 0.15) is 11.9 Å². The van der Waals surface area contributed by atoms with Crippen molar-refractivity contribution in [3.8, 4) is 28.9 Å². The van der Waals surface area contributed by atoms with Crippen LogP contribution in [0, 0.1) is 18.3 Å². The van der Waals surface area contributed by atoms with E-state index < -0.39 is 6.10 Å². The van der Waals surface area contributed by atoms with Crippen LogP contribution in [0.4, 0.5) is 5.82 Å². The third-order valence-corrected chi connectivity index (χ3v) is 6.22. The predicted molar refractivity (Wildman–Crippen MR) is 128 cm³/mol. The Kier molecular flexibility index (Phi) is 7.53. The maximum atomic E-state index is 9.80. The zero-order chi connectivity index (χ0) is 24.1. The lowest BCUT2D eigenvalue weighted by Gasteiger charge is -2.21. The molecule has 0 bridgehead atoms. The van der Waals surface area contributed by atoms with E-state index in [2.05, 4.69) is 51.3 Å². The summed E-state index contributed by atoms with van der Waals surface area (Å²) < 4.78 is 5.53. The van der Waals surface area contributed by atoms with E-state index in [9.17, 15) is 10.4 Å². The van der Waals surface area contributed by atoms with Crippen LogP contribution >= 0.6 is 0 Å². The lowest BCUT2D eigenvalue weighted by molar-refractivity contribution is 0.0604. The number of rotatable bonds is 8. The smallest absolute Gasteiger partial charge is 0.259 e. The van der Waals surface area contributed by atoms with Crippen molar-refractivity contribution in [2.75, 3.05) is 38.1 Å². The molecular formula is C25H30N6O3. The molecule has 0 radical (unpaired) electrons. The molecule has 0 saturated heterocycles. The highest BCUT2D eigenvalue weighted by Crippen LogP contribution is 2.30. The monoisotopic (exact) mass is 462 g/mol. The van der Waals surface area contributed by atoms with Crippen molar-refractivity contribution < 1.29 is 14.7 Å². The van der Waals surface area contributed by atoms with E-state index in [0.29, 0.717) is 35.2 Å². The summed E-state index contributed by atoms with van der Waals surface area (Å²) in [4.78, 5) is 11.1. The number of nitrogens with zero attached hydrogens (tertiary/aromatic N) is 5. The maximum absolute atomic E-state index is 9.80. The molecule has 1 aliphatic rings. The fourth-order valence-corrected chi connectivity index (χ4v) is 4.34. The standard InChI is InChI=1S/C25H30N6O3/c1-3-8-27-23-18(12-26)11-19(13-28-23)25-29-24(30-34-25)22-5-4-17-6-9-31(14-20(33)15-32)10-7-21(17)16(22)2/h4-5,11,13,20,32-33H,3,6-10,14-15H2,1-2H3,(H,27,28). The van der Waals surface area contributed by atoms with Gasteiger partial charge >= 0.3 is 0 Å². The van der Waals surface area contributed by atoms with Gasteiger partial charge in [-0.1, -0.05) is 24.2 Å². The summed E-state index contributed by atoms with van der Waals surface area (Å²) in [6, 6.07) is 8.02. The second-order valence-electron chi connectivity index (χ2n) is 8.59. The van der Waals surface area contributed by atoms with Gasteiger partial charge in [-0.15, -0.1) is 0 Å². The summed E-state index contributed by atoms with van der Waals surface area (Å²) in [6.45, 7) is 6.76. The van der Waals surface area contributed by atoms with Crippen molar-refractivity contribution in [2.45, 2.75) is 39.2 Å². The number of aliphatic hydroxyl groups is 2. The normalized spacial score (nSPS) is 14.8. The van der Waals surface area contributed by atoms with E-state index in [1.165, 1.54) is 11.1 Å². The van der Waals surface area contributed by atoms with Crippen LogP contribution in [-0.4, -0.2) is 69.1 Å². The summed E-state index contributed by atoms with van der Waals surface area (Å²) in [7, 11) is 0. The first-order chi connectivity index (χ1) is 16.5. The van der Waals surface area contributed by atoms with Gasteiger partial charge in [0.2, 0.25) is 5.82 Å². The van der Waals surface area contributed by atoms with E-state index in [1.807, 2.05) is 6.07 Å². The molecule has 9 heteroatoms. The van der Waals surface area contributed by atoms with Crippen LogP contribution in [0.3, 0.4) is 0 Å². The first kappa shape index (κ1) is 23.8. The van der Waals surface area contributed by atoms with E-state index in [1.54, 1.807) is 12.3 Å². The SMILES string of the molecule is CCCNc1ncc(-c2nc(-c3ccc4c(c3C)CCN(CC(O)CO)CC4)no2)cc1C#N. The molecule has 0 spiro atoms. The molecule has 1 unspecified atom stereocenters. The Hall–Kier alpha value is -3.32. The van der Waals surface area contributed by atoms with Crippen LogP contribution in [0.1, 0.15) is 35.6 Å². The second-order valence-corrected chi connectivity index (χ2v) is 8.59. The topological polar surface area (TPSA) is 131 Å². The second kappa shape index (κ2) is 10.7. The largest absolute Gasteiger partial charge is 0.394 e. The maximum Gasteiger partial charge on any atom is 0.259 e. The highest BCUT2D eigenvalue weighted by molar-refractivity contribution is 5.67. The Balaban J connectivity index is 1.57. The Morgan fingerprint density at radius 1 is 1.29 bits per heavy atom. The van der Waals surface area contributed by atoms with E-state index in [4.69, 9.17) is 9.63 Å². The zero-order valence-corrected chi connectivity index (χ0v) is 19.6. The van der Waals surface area contributed by atoms with Crippen molar-refractivity contribution in [3.05, 3.63) is 46.6 Å². The first-order valence-corrected chi connectivity index (χ1v) is 11.6. The fourth-order valence-electron chi connectivity index (χ4n) is 4.34. The third kappa shape index (κ3) is 5.09. The summed E-state index contributed by atoms with van der Waals surface area (Å²) in [5.41, 5.74) is 5.61. The molecule has 0 aliphatic carbocycles. The van der Waals surface area contributed by atoms with Gasteiger partial charge in [-0.3, -0.25) is 0 Å². The van der Waals surface area contributed by atoms with Gasteiger partial charge in [-0.05, 0) is 48.9 Å². The molecule has 34 heavy (non-hydrogen) atoms. The van der Waals surface area contributed by atoms with Crippen LogP contribution in [0.5, 0.6) is 0 Å². The van der Waals surface area contributed by atoms with Crippen LogP contribution in [0.15, 0.2) is 28.9 Å². The molecule has 3 heterocycles. The number of hydrogen-bond donors (Lipinski definition) is 3. The Labute approximate surface area is 199 Å². The van der Waals surface area contributed by atoms with Crippen molar-refractivity contribution >= 4 is 5.82 Å². The van der Waals surface area contributed by atoms with Gasteiger partial charge in [0.15, 0.2) is 0 Å². The van der Waals surface area contributed by atoms with Crippen LogP contribution in [-0.2, 0) is 12.8 Å². The molecule has 3 N–H and O–H groups in total. The number of nitriles is 1. The molecule has 0 amide bonds. The number of β-amino-alcohol motifs (C(OH)–C–C–N with tert-alkyl or cyclic N) is 1. The van der Waals surface area contributed by atoms with Crippen LogP contribution < -0.4 is 5.32 Å². The number of anilines is 1. The molecule has 1 aliphatic heterocycles. The first-order valence-electron chi connectivity index (χ1n) is 11.6. The minimum absolute atomic E-state index is 0.226. The highest BCUT2D eigenvalue weighted by atomic mass is 16.5. The van der Waals surface area contributed by atoms with Gasteiger partial charge in [0.25, 0.3) is 5.89 Å². The van der Waals surface area contributed by atoms with Crippen molar-refractivity contribution in [1.82, 2.24) is 20.0 Å². The molecule has 1 aromatic carbocycles. The van der Waals surface area contributed by atoms with Crippen molar-refractivity contribution in [1.29, 1.82) is 5.26 Å². The van der Waals surface area contributed by atoms with E-state index in [0.717, 1.165) is 50.0 Å². The quantitative estimate of drug-likeness (QED) is 0.462. The molecule has 178 valence electrons. The predicted octanol–water partition coefficient (Wildman–Crippen LogP) is 2.55. The van der Waals surface area contributed by atoms with Gasteiger partial charge in [0, 0.05) is 37.9 Å². The van der Waals surface area contributed by atoms with Gasteiger partial charge in [-0.2, -0.15) is 10.2 Å². The Bertz CT molecular complexity index is 1190. The highest BCUT2D eigenvalue weighted by Gasteiger charge is 2.21. The summed E-state index contributed by atoms with van der Waals surface area (Å²) >= 11 is 0. The molecule has 1 atom stereocenters. The van der Waals surface area contributed by atoms with Gasteiger partial charge < -0.3 is 25.0 Å². The number of nitrogens with one attached hydrogen (secondary N) is 1. The molecule has 3 aromatic rings. The number of aromatic nitrogens is 3. The van der Waals surface area contributed by atoms with Crippen molar-refractivity contribution in [2.24, 2.45) is 0 Å². The minimum atomic E-state index is -0.719. The average Bonchev–Trinajstić information content (AvgIpc) is 3.25. The average molecular weight is 463 g/mol. The lowest BCUT2D eigenvalue weighted by atomic mass is 9.93. The molecular weight excluding hydrogens is 432 g/mol. The number of aliphatic hydroxyl groups excluding tert-OH is 2.